The third kappa shape index (κ3) is 4.23. The first-order chi connectivity index (χ1) is 9.72. The Hall–Kier alpha value is -1.03. The van der Waals surface area contributed by atoms with Crippen molar-refractivity contribution < 1.29 is 4.74 Å². The van der Waals surface area contributed by atoms with Crippen LogP contribution in [0, 0.1) is 5.92 Å². The molecule has 0 aromatic carbocycles. The maximum atomic E-state index is 6.14. The maximum absolute atomic E-state index is 6.14. The largest absolute Gasteiger partial charge is 0.473 e. The summed E-state index contributed by atoms with van der Waals surface area (Å²) in [6.07, 6.45) is 8.85. The molecule has 0 aliphatic heterocycles. The average Bonchev–Trinajstić information content (AvgIpc) is 2.48. The minimum atomic E-state index is 0.236. The van der Waals surface area contributed by atoms with Gasteiger partial charge in [-0.2, -0.15) is 4.98 Å². The first-order valence-corrected chi connectivity index (χ1v) is 8.03. The lowest BCUT2D eigenvalue weighted by Crippen LogP contribution is -2.25. The monoisotopic (exact) mass is 297 g/mol. The topological polar surface area (TPSA) is 47.0 Å². The number of nitrogens with zero attached hydrogens (tertiary/aromatic N) is 2. The van der Waals surface area contributed by atoms with Crippen LogP contribution in [0.1, 0.15) is 52.4 Å². The summed E-state index contributed by atoms with van der Waals surface area (Å²) < 4.78 is 6.02. The molecule has 0 radical (unpaired) electrons. The molecule has 0 spiro atoms. The molecule has 4 nitrogen and oxygen atoms in total. The van der Waals surface area contributed by atoms with E-state index < -0.39 is 0 Å². The first kappa shape index (κ1) is 15.4. The van der Waals surface area contributed by atoms with E-state index in [1.54, 1.807) is 6.20 Å². The van der Waals surface area contributed by atoms with Gasteiger partial charge in [0.1, 0.15) is 11.1 Å². The summed E-state index contributed by atoms with van der Waals surface area (Å²) in [7, 11) is 0. The molecule has 1 aromatic rings. The van der Waals surface area contributed by atoms with E-state index in [-0.39, 0.29) is 6.10 Å². The van der Waals surface area contributed by atoms with Crippen LogP contribution in [-0.2, 0) is 0 Å². The zero-order valence-electron chi connectivity index (χ0n) is 12.4. The summed E-state index contributed by atoms with van der Waals surface area (Å²) in [5.41, 5.74) is 0. The second-order valence-corrected chi connectivity index (χ2v) is 5.86. The van der Waals surface area contributed by atoms with Crippen LogP contribution in [0.3, 0.4) is 0 Å². The standard InChI is InChI=1S/C15H24ClN3O/c1-3-8-17-15-18-10-13(16)14(19-15)20-12-7-5-6-11(4-2)9-12/h10-12H,3-9H2,1-2H3,(H,17,18,19). The molecule has 2 rings (SSSR count). The van der Waals surface area contributed by atoms with Crippen LogP contribution in [0.2, 0.25) is 5.02 Å². The molecule has 0 saturated heterocycles. The van der Waals surface area contributed by atoms with Crippen molar-refractivity contribution in [3.63, 3.8) is 0 Å². The van der Waals surface area contributed by atoms with Crippen LogP contribution < -0.4 is 10.1 Å². The zero-order valence-corrected chi connectivity index (χ0v) is 13.1. The molecule has 1 saturated carbocycles. The Labute approximate surface area is 126 Å². The Morgan fingerprint density at radius 3 is 3.00 bits per heavy atom. The molecule has 0 amide bonds. The van der Waals surface area contributed by atoms with Crippen molar-refractivity contribution >= 4 is 17.5 Å². The summed E-state index contributed by atoms with van der Waals surface area (Å²) in [6.45, 7) is 5.20. The van der Waals surface area contributed by atoms with Crippen molar-refractivity contribution in [2.75, 3.05) is 11.9 Å². The highest BCUT2D eigenvalue weighted by Gasteiger charge is 2.23. The molecule has 1 heterocycles. The van der Waals surface area contributed by atoms with Crippen molar-refractivity contribution in [3.05, 3.63) is 11.2 Å². The molecule has 20 heavy (non-hydrogen) atoms. The van der Waals surface area contributed by atoms with E-state index >= 15 is 0 Å². The van der Waals surface area contributed by atoms with Crippen molar-refractivity contribution in [2.24, 2.45) is 5.92 Å². The third-order valence-corrected chi connectivity index (χ3v) is 4.09. The third-order valence-electron chi connectivity index (χ3n) is 3.84. The fraction of sp³-hybridized carbons (Fsp3) is 0.733. The van der Waals surface area contributed by atoms with Gasteiger partial charge in [-0.05, 0) is 31.6 Å². The normalized spacial score (nSPS) is 22.6. The van der Waals surface area contributed by atoms with Crippen LogP contribution in [0.4, 0.5) is 5.95 Å². The summed E-state index contributed by atoms with van der Waals surface area (Å²) in [4.78, 5) is 8.54. The fourth-order valence-corrected chi connectivity index (χ4v) is 2.77. The van der Waals surface area contributed by atoms with E-state index in [2.05, 4.69) is 29.1 Å². The molecule has 1 aliphatic rings. The minimum absolute atomic E-state index is 0.236. The van der Waals surface area contributed by atoms with Crippen LogP contribution >= 0.6 is 11.6 Å². The van der Waals surface area contributed by atoms with E-state index in [1.807, 2.05) is 0 Å². The highest BCUT2D eigenvalue weighted by atomic mass is 35.5. The number of hydrogen-bond acceptors (Lipinski definition) is 4. The SMILES string of the molecule is CCCNc1ncc(Cl)c(OC2CCCC(CC)C2)n1. The van der Waals surface area contributed by atoms with Crippen LogP contribution in [-0.4, -0.2) is 22.6 Å². The highest BCUT2D eigenvalue weighted by Crippen LogP contribution is 2.31. The lowest BCUT2D eigenvalue weighted by atomic mass is 9.85. The fourth-order valence-electron chi connectivity index (χ4n) is 2.63. The Morgan fingerprint density at radius 2 is 2.25 bits per heavy atom. The lowest BCUT2D eigenvalue weighted by Gasteiger charge is -2.28. The predicted molar refractivity (Wildman–Crippen MR) is 82.5 cm³/mol. The van der Waals surface area contributed by atoms with Gasteiger partial charge in [-0.1, -0.05) is 38.3 Å². The molecule has 2 atom stereocenters. The van der Waals surface area contributed by atoms with Crippen LogP contribution in [0.5, 0.6) is 5.88 Å². The molecule has 1 aromatic heterocycles. The van der Waals surface area contributed by atoms with Crippen LogP contribution in [0.25, 0.3) is 0 Å². The molecule has 5 heteroatoms. The maximum Gasteiger partial charge on any atom is 0.237 e. The summed E-state index contributed by atoms with van der Waals surface area (Å²) in [6, 6.07) is 0. The highest BCUT2D eigenvalue weighted by molar-refractivity contribution is 6.31. The van der Waals surface area contributed by atoms with Gasteiger partial charge in [-0.25, -0.2) is 4.98 Å². The number of rotatable bonds is 6. The Kier molecular flexibility index (Phi) is 5.89. The Balaban J connectivity index is 2.00. The van der Waals surface area contributed by atoms with E-state index in [4.69, 9.17) is 16.3 Å². The van der Waals surface area contributed by atoms with Gasteiger partial charge < -0.3 is 10.1 Å². The average molecular weight is 298 g/mol. The van der Waals surface area contributed by atoms with Gasteiger partial charge in [0.15, 0.2) is 0 Å². The molecular weight excluding hydrogens is 274 g/mol. The molecular formula is C15H24ClN3O. The molecule has 1 fully saturated rings. The van der Waals surface area contributed by atoms with Crippen molar-refractivity contribution in [1.29, 1.82) is 0 Å². The summed E-state index contributed by atoms with van der Waals surface area (Å²) >= 11 is 6.14. The van der Waals surface area contributed by atoms with Crippen LogP contribution in [0.15, 0.2) is 6.20 Å². The number of halogens is 1. The molecule has 0 bridgehead atoms. The van der Waals surface area contributed by atoms with Crippen molar-refractivity contribution in [2.45, 2.75) is 58.5 Å². The quantitative estimate of drug-likeness (QED) is 0.850. The van der Waals surface area contributed by atoms with E-state index in [0.717, 1.165) is 31.7 Å². The molecule has 1 N–H and O–H groups in total. The van der Waals surface area contributed by atoms with Gasteiger partial charge in [-0.15, -0.1) is 0 Å². The molecule has 2 unspecified atom stereocenters. The number of aromatic nitrogens is 2. The Morgan fingerprint density at radius 1 is 1.40 bits per heavy atom. The number of hydrogen-bond donors (Lipinski definition) is 1. The Bertz CT molecular complexity index is 428. The molecule has 1 aliphatic carbocycles. The first-order valence-electron chi connectivity index (χ1n) is 7.66. The zero-order chi connectivity index (χ0) is 14.4. The van der Waals surface area contributed by atoms with Gasteiger partial charge in [-0.3, -0.25) is 0 Å². The van der Waals surface area contributed by atoms with Gasteiger partial charge in [0.25, 0.3) is 0 Å². The second-order valence-electron chi connectivity index (χ2n) is 5.45. The van der Waals surface area contributed by atoms with Crippen molar-refractivity contribution in [3.8, 4) is 5.88 Å². The van der Waals surface area contributed by atoms with Gasteiger partial charge in [0.05, 0.1) is 6.20 Å². The molecule has 112 valence electrons. The smallest absolute Gasteiger partial charge is 0.237 e. The lowest BCUT2D eigenvalue weighted by molar-refractivity contribution is 0.117. The number of nitrogens with one attached hydrogen (secondary N) is 1. The van der Waals surface area contributed by atoms with E-state index in [1.165, 1.54) is 19.3 Å². The summed E-state index contributed by atoms with van der Waals surface area (Å²) in [5.74, 6) is 1.88. The minimum Gasteiger partial charge on any atom is -0.473 e. The predicted octanol–water partition coefficient (Wildman–Crippen LogP) is 4.30. The number of ether oxygens (including phenoxy) is 1. The second kappa shape index (κ2) is 7.67. The van der Waals surface area contributed by atoms with E-state index in [0.29, 0.717) is 16.9 Å². The van der Waals surface area contributed by atoms with Gasteiger partial charge in [0, 0.05) is 6.54 Å². The van der Waals surface area contributed by atoms with Gasteiger partial charge in [0.2, 0.25) is 11.8 Å². The number of anilines is 1. The summed E-state index contributed by atoms with van der Waals surface area (Å²) in [5, 5.41) is 3.65. The van der Waals surface area contributed by atoms with Gasteiger partial charge >= 0.3 is 0 Å². The van der Waals surface area contributed by atoms with E-state index in [9.17, 15) is 0 Å². The van der Waals surface area contributed by atoms with Crippen molar-refractivity contribution in [1.82, 2.24) is 9.97 Å².